The standard InChI is InChI=1S/C28H24O6/c29-23-6-2-4-19-10-7-17-8-11-21(12-9-17)33-26-16-20(15-25(31)27(26)32)24(30)14-18-3-1-5-22(13-18)34-28(19)23/h1-6,8-9,11-13,15-16,24,29-32H,7,10,14H2. The highest BCUT2D eigenvalue weighted by molar-refractivity contribution is 5.54. The van der Waals surface area contributed by atoms with Crippen molar-refractivity contribution in [1.82, 2.24) is 0 Å². The maximum Gasteiger partial charge on any atom is 0.201 e. The smallest absolute Gasteiger partial charge is 0.201 e. The number of ether oxygens (including phenoxy) is 2. The Morgan fingerprint density at radius 2 is 1.47 bits per heavy atom. The van der Waals surface area contributed by atoms with Gasteiger partial charge < -0.3 is 29.9 Å². The van der Waals surface area contributed by atoms with Gasteiger partial charge in [0.2, 0.25) is 5.75 Å². The van der Waals surface area contributed by atoms with Crippen molar-refractivity contribution in [1.29, 1.82) is 0 Å². The van der Waals surface area contributed by atoms with Crippen molar-refractivity contribution >= 4 is 0 Å². The second-order valence-corrected chi connectivity index (χ2v) is 8.37. The molecule has 1 unspecified atom stereocenters. The third kappa shape index (κ3) is 4.49. The van der Waals surface area contributed by atoms with Crippen LogP contribution in [0.4, 0.5) is 0 Å². The summed E-state index contributed by atoms with van der Waals surface area (Å²) in [6.07, 6.45) is 0.641. The molecule has 2 heterocycles. The number of hydrogen-bond donors (Lipinski definition) is 4. The van der Waals surface area contributed by atoms with Crippen LogP contribution in [0.25, 0.3) is 0 Å². The Morgan fingerprint density at radius 1 is 0.676 bits per heavy atom. The van der Waals surface area contributed by atoms with Gasteiger partial charge >= 0.3 is 0 Å². The molecule has 6 bridgehead atoms. The topological polar surface area (TPSA) is 99.4 Å². The van der Waals surface area contributed by atoms with Crippen molar-refractivity contribution in [2.24, 2.45) is 0 Å². The quantitative estimate of drug-likeness (QED) is 0.251. The lowest BCUT2D eigenvalue weighted by Crippen LogP contribution is -2.03. The summed E-state index contributed by atoms with van der Waals surface area (Å²) in [6, 6.07) is 22.8. The summed E-state index contributed by atoms with van der Waals surface area (Å²) in [6.45, 7) is 0. The van der Waals surface area contributed by atoms with E-state index in [0.717, 1.165) is 16.7 Å². The summed E-state index contributed by atoms with van der Waals surface area (Å²) in [5.41, 5.74) is 3.13. The van der Waals surface area contributed by atoms with Crippen LogP contribution in [0.1, 0.15) is 28.4 Å². The number of aliphatic hydroxyl groups excluding tert-OH is 1. The van der Waals surface area contributed by atoms with E-state index in [2.05, 4.69) is 0 Å². The van der Waals surface area contributed by atoms with Gasteiger partial charge in [0, 0.05) is 6.42 Å². The Balaban J connectivity index is 1.58. The van der Waals surface area contributed by atoms with Crippen LogP contribution in [-0.2, 0) is 19.3 Å². The second kappa shape index (κ2) is 9.00. The molecule has 172 valence electrons. The van der Waals surface area contributed by atoms with Crippen molar-refractivity contribution in [3.63, 3.8) is 0 Å². The number of aryl methyl sites for hydroxylation is 2. The minimum atomic E-state index is -0.967. The first-order valence-corrected chi connectivity index (χ1v) is 11.0. The van der Waals surface area contributed by atoms with Gasteiger partial charge in [-0.15, -0.1) is 0 Å². The number of aliphatic hydroxyl groups is 1. The number of benzene rings is 4. The number of fused-ring (bicyclic) bond motifs is 4. The van der Waals surface area contributed by atoms with Gasteiger partial charge in [-0.3, -0.25) is 0 Å². The Labute approximate surface area is 196 Å². The van der Waals surface area contributed by atoms with Gasteiger partial charge in [-0.2, -0.15) is 0 Å². The molecule has 0 radical (unpaired) electrons. The summed E-state index contributed by atoms with van der Waals surface area (Å²) in [4.78, 5) is 0. The normalized spacial score (nSPS) is 15.4. The summed E-state index contributed by atoms with van der Waals surface area (Å²) in [7, 11) is 0. The summed E-state index contributed by atoms with van der Waals surface area (Å²) in [5.74, 6) is 0.797. The summed E-state index contributed by atoms with van der Waals surface area (Å²) in [5, 5.41) is 41.8. The van der Waals surface area contributed by atoms with E-state index in [1.807, 2.05) is 30.3 Å². The van der Waals surface area contributed by atoms with Crippen LogP contribution in [0.15, 0.2) is 78.9 Å². The van der Waals surface area contributed by atoms with Crippen LogP contribution >= 0.6 is 0 Å². The minimum Gasteiger partial charge on any atom is -0.504 e. The first kappa shape index (κ1) is 21.7. The molecule has 6 nitrogen and oxygen atoms in total. The number of phenolic OH excluding ortho intramolecular Hbond substituents is 3. The molecular formula is C28H24O6. The van der Waals surface area contributed by atoms with E-state index >= 15 is 0 Å². The lowest BCUT2D eigenvalue weighted by molar-refractivity contribution is 0.177. The van der Waals surface area contributed by atoms with Crippen molar-refractivity contribution in [3.8, 4) is 40.2 Å². The molecule has 0 aliphatic carbocycles. The Bertz CT molecular complexity index is 1330. The zero-order valence-corrected chi connectivity index (χ0v) is 18.3. The fraction of sp³-hybridized carbons (Fsp3) is 0.143. The number of phenols is 3. The van der Waals surface area contributed by atoms with Crippen LogP contribution in [0, 0.1) is 0 Å². The molecule has 0 fully saturated rings. The van der Waals surface area contributed by atoms with Gasteiger partial charge in [-0.05, 0) is 77.6 Å². The van der Waals surface area contributed by atoms with Gasteiger partial charge in [0.15, 0.2) is 23.0 Å². The maximum atomic E-state index is 10.9. The SMILES string of the molecule is Oc1cc2cc(c1O)Oc1ccc(cc1)CCc1cccc(O)c1Oc1cccc(c1)CC2O. The van der Waals surface area contributed by atoms with E-state index in [9.17, 15) is 20.4 Å². The van der Waals surface area contributed by atoms with Crippen LogP contribution in [0.3, 0.4) is 0 Å². The van der Waals surface area contributed by atoms with Crippen molar-refractivity contribution < 1.29 is 29.9 Å². The Hall–Kier alpha value is -4.16. The fourth-order valence-corrected chi connectivity index (χ4v) is 4.10. The number of rotatable bonds is 0. The molecule has 4 aromatic rings. The molecule has 0 aromatic heterocycles. The third-order valence-electron chi connectivity index (χ3n) is 5.92. The number of aromatic hydroxyl groups is 3. The summed E-state index contributed by atoms with van der Waals surface area (Å²) >= 11 is 0. The molecule has 0 spiro atoms. The van der Waals surface area contributed by atoms with Gasteiger partial charge in [0.1, 0.15) is 11.5 Å². The molecule has 1 atom stereocenters. The molecule has 4 N–H and O–H groups in total. The highest BCUT2D eigenvalue weighted by atomic mass is 16.5. The van der Waals surface area contributed by atoms with Crippen molar-refractivity contribution in [3.05, 3.63) is 101 Å². The molecule has 0 saturated carbocycles. The van der Waals surface area contributed by atoms with Gasteiger partial charge in [0.05, 0.1) is 6.10 Å². The van der Waals surface area contributed by atoms with E-state index in [0.29, 0.717) is 35.7 Å². The molecule has 6 rings (SSSR count). The number of para-hydroxylation sites is 1. The van der Waals surface area contributed by atoms with Crippen molar-refractivity contribution in [2.45, 2.75) is 25.4 Å². The Morgan fingerprint density at radius 3 is 2.29 bits per heavy atom. The zero-order valence-electron chi connectivity index (χ0n) is 18.3. The van der Waals surface area contributed by atoms with Crippen LogP contribution in [-0.4, -0.2) is 20.4 Å². The molecule has 2 aliphatic heterocycles. The lowest BCUT2D eigenvalue weighted by Gasteiger charge is -2.17. The van der Waals surface area contributed by atoms with Gasteiger partial charge in [-0.1, -0.05) is 36.4 Å². The van der Waals surface area contributed by atoms with E-state index in [4.69, 9.17) is 9.47 Å². The van der Waals surface area contributed by atoms with Gasteiger partial charge in [-0.25, -0.2) is 0 Å². The highest BCUT2D eigenvalue weighted by Gasteiger charge is 2.18. The fourth-order valence-electron chi connectivity index (χ4n) is 4.10. The van der Waals surface area contributed by atoms with Gasteiger partial charge in [0.25, 0.3) is 0 Å². The first-order chi connectivity index (χ1) is 16.5. The Kier molecular flexibility index (Phi) is 5.74. The average Bonchev–Trinajstić information content (AvgIpc) is 2.83. The predicted octanol–water partition coefficient (Wildman–Crippen LogP) is 5.76. The molecular weight excluding hydrogens is 432 g/mol. The van der Waals surface area contributed by atoms with E-state index in [-0.39, 0.29) is 29.4 Å². The van der Waals surface area contributed by atoms with E-state index in [1.165, 1.54) is 12.1 Å². The minimum absolute atomic E-state index is 0.0596. The molecule has 4 aromatic carbocycles. The largest absolute Gasteiger partial charge is 0.504 e. The monoisotopic (exact) mass is 456 g/mol. The highest BCUT2D eigenvalue weighted by Crippen LogP contribution is 2.41. The first-order valence-electron chi connectivity index (χ1n) is 11.0. The van der Waals surface area contributed by atoms with Crippen LogP contribution in [0.2, 0.25) is 0 Å². The maximum absolute atomic E-state index is 10.9. The lowest BCUT2D eigenvalue weighted by atomic mass is 10.00. The predicted molar refractivity (Wildman–Crippen MR) is 127 cm³/mol. The van der Waals surface area contributed by atoms with Crippen molar-refractivity contribution in [2.75, 3.05) is 0 Å². The molecule has 0 amide bonds. The molecule has 6 heteroatoms. The van der Waals surface area contributed by atoms with Crippen LogP contribution < -0.4 is 9.47 Å². The summed E-state index contributed by atoms with van der Waals surface area (Å²) < 4.78 is 11.9. The average molecular weight is 456 g/mol. The third-order valence-corrected chi connectivity index (χ3v) is 5.92. The zero-order chi connectivity index (χ0) is 23.7. The molecule has 2 aliphatic rings. The molecule has 34 heavy (non-hydrogen) atoms. The van der Waals surface area contributed by atoms with E-state index < -0.39 is 6.10 Å². The number of hydrogen-bond acceptors (Lipinski definition) is 6. The second-order valence-electron chi connectivity index (χ2n) is 8.37. The van der Waals surface area contributed by atoms with Crippen LogP contribution in [0.5, 0.6) is 40.2 Å². The molecule has 0 saturated heterocycles. The van der Waals surface area contributed by atoms with E-state index in [1.54, 1.807) is 36.4 Å².